The van der Waals surface area contributed by atoms with Gasteiger partial charge in [-0.25, -0.2) is 0 Å². The molecule has 1 aromatic carbocycles. The van der Waals surface area contributed by atoms with Gasteiger partial charge in [-0.15, -0.1) is 0 Å². The highest BCUT2D eigenvalue weighted by molar-refractivity contribution is 5.83. The number of hydrogen-bond donors (Lipinski definition) is 0. The van der Waals surface area contributed by atoms with Crippen LogP contribution in [0.4, 0.5) is 0 Å². The molecule has 0 saturated carbocycles. The molecule has 1 rings (SSSR count). The minimum atomic E-state index is -0.290. The van der Waals surface area contributed by atoms with Crippen LogP contribution in [0.3, 0.4) is 0 Å². The number of benzene rings is 1. The van der Waals surface area contributed by atoms with E-state index in [1.54, 1.807) is 13.1 Å². The van der Waals surface area contributed by atoms with E-state index in [-0.39, 0.29) is 12.5 Å². The fourth-order valence-electron chi connectivity index (χ4n) is 1.16. The Labute approximate surface area is 89.8 Å². The van der Waals surface area contributed by atoms with Crippen LogP contribution in [0.2, 0.25) is 0 Å². The Morgan fingerprint density at radius 2 is 2.20 bits per heavy atom. The van der Waals surface area contributed by atoms with E-state index in [2.05, 4.69) is 4.99 Å². The number of hydrogen-bond acceptors (Lipinski definition) is 3. The van der Waals surface area contributed by atoms with Gasteiger partial charge in [0.1, 0.15) is 6.54 Å². The average Bonchev–Trinajstić information content (AvgIpc) is 2.21. The third-order valence-electron chi connectivity index (χ3n) is 1.94. The van der Waals surface area contributed by atoms with Crippen molar-refractivity contribution in [1.29, 1.82) is 0 Å². The molecule has 0 amide bonds. The maximum atomic E-state index is 11.0. The predicted molar refractivity (Wildman–Crippen MR) is 60.3 cm³/mol. The van der Waals surface area contributed by atoms with Gasteiger partial charge in [-0.05, 0) is 25.0 Å². The van der Waals surface area contributed by atoms with Crippen LogP contribution in [-0.4, -0.2) is 25.3 Å². The molecule has 0 aliphatic carbocycles. The largest absolute Gasteiger partial charge is 0.465 e. The first-order valence-corrected chi connectivity index (χ1v) is 4.95. The van der Waals surface area contributed by atoms with Crippen LogP contribution in [0, 0.1) is 6.92 Å². The van der Waals surface area contributed by atoms with Crippen molar-refractivity contribution < 1.29 is 9.53 Å². The molecule has 0 aliphatic rings. The summed E-state index contributed by atoms with van der Waals surface area (Å²) in [5.41, 5.74) is 2.17. The van der Waals surface area contributed by atoms with E-state index in [1.165, 1.54) is 0 Å². The van der Waals surface area contributed by atoms with Crippen LogP contribution in [0.1, 0.15) is 18.1 Å². The molecule has 0 aromatic heterocycles. The lowest BCUT2D eigenvalue weighted by atomic mass is 10.1. The Balaban J connectivity index is 2.52. The number of esters is 1. The second-order valence-electron chi connectivity index (χ2n) is 3.13. The molecule has 0 bridgehead atoms. The molecule has 0 heterocycles. The summed E-state index contributed by atoms with van der Waals surface area (Å²) < 4.78 is 4.76. The van der Waals surface area contributed by atoms with Gasteiger partial charge in [0.25, 0.3) is 0 Å². The first-order chi connectivity index (χ1) is 7.24. The second-order valence-corrected chi connectivity index (χ2v) is 3.13. The number of rotatable bonds is 4. The normalized spacial score (nSPS) is 10.5. The van der Waals surface area contributed by atoms with E-state index in [4.69, 9.17) is 4.74 Å². The third kappa shape index (κ3) is 3.94. The Morgan fingerprint density at radius 3 is 2.87 bits per heavy atom. The molecule has 0 fully saturated rings. The van der Waals surface area contributed by atoms with Crippen LogP contribution >= 0.6 is 0 Å². The molecule has 0 spiro atoms. The quantitative estimate of drug-likeness (QED) is 0.557. The number of ether oxygens (including phenoxy) is 1. The molecule has 1 aromatic rings. The zero-order chi connectivity index (χ0) is 11.1. The van der Waals surface area contributed by atoms with Crippen molar-refractivity contribution in [2.45, 2.75) is 13.8 Å². The van der Waals surface area contributed by atoms with Crippen molar-refractivity contribution in [2.75, 3.05) is 13.2 Å². The lowest BCUT2D eigenvalue weighted by Crippen LogP contribution is -2.07. The molecular formula is C12H15NO2. The topological polar surface area (TPSA) is 38.7 Å². The van der Waals surface area contributed by atoms with Crippen molar-refractivity contribution in [3.05, 3.63) is 35.4 Å². The molecular weight excluding hydrogens is 190 g/mol. The fourth-order valence-corrected chi connectivity index (χ4v) is 1.16. The summed E-state index contributed by atoms with van der Waals surface area (Å²) in [7, 11) is 0. The Hall–Kier alpha value is -1.64. The van der Waals surface area contributed by atoms with Crippen LogP contribution < -0.4 is 0 Å². The van der Waals surface area contributed by atoms with Crippen LogP contribution in [0.25, 0.3) is 0 Å². The molecule has 0 N–H and O–H groups in total. The van der Waals surface area contributed by atoms with E-state index in [9.17, 15) is 4.79 Å². The zero-order valence-electron chi connectivity index (χ0n) is 9.06. The summed E-state index contributed by atoms with van der Waals surface area (Å²) in [4.78, 5) is 15.0. The van der Waals surface area contributed by atoms with E-state index >= 15 is 0 Å². The predicted octanol–water partition coefficient (Wildman–Crippen LogP) is 1.98. The molecule has 0 aliphatic heterocycles. The molecule has 0 atom stereocenters. The van der Waals surface area contributed by atoms with Crippen molar-refractivity contribution >= 4 is 12.2 Å². The smallest absolute Gasteiger partial charge is 0.327 e. The summed E-state index contributed by atoms with van der Waals surface area (Å²) in [5, 5.41) is 0. The summed E-state index contributed by atoms with van der Waals surface area (Å²) in [5.74, 6) is -0.290. The lowest BCUT2D eigenvalue weighted by Gasteiger charge is -1.99. The van der Waals surface area contributed by atoms with Crippen molar-refractivity contribution in [2.24, 2.45) is 4.99 Å². The van der Waals surface area contributed by atoms with Crippen LogP contribution in [0.15, 0.2) is 29.3 Å². The monoisotopic (exact) mass is 205 g/mol. The Kier molecular flexibility index (Phi) is 4.54. The van der Waals surface area contributed by atoms with Gasteiger partial charge in [0.2, 0.25) is 0 Å². The highest BCUT2D eigenvalue weighted by atomic mass is 16.5. The first kappa shape index (κ1) is 11.4. The van der Waals surface area contributed by atoms with Crippen LogP contribution in [-0.2, 0) is 9.53 Å². The van der Waals surface area contributed by atoms with Gasteiger partial charge < -0.3 is 4.74 Å². The number of aryl methyl sites for hydroxylation is 1. The van der Waals surface area contributed by atoms with Gasteiger partial charge in [-0.1, -0.05) is 24.3 Å². The minimum absolute atomic E-state index is 0.0855. The van der Waals surface area contributed by atoms with Crippen molar-refractivity contribution in [3.63, 3.8) is 0 Å². The Bertz CT molecular complexity index is 358. The summed E-state index contributed by atoms with van der Waals surface area (Å²) in [6.07, 6.45) is 1.70. The van der Waals surface area contributed by atoms with E-state index in [0.29, 0.717) is 6.61 Å². The van der Waals surface area contributed by atoms with Gasteiger partial charge in [-0.2, -0.15) is 0 Å². The van der Waals surface area contributed by atoms with Crippen molar-refractivity contribution in [3.8, 4) is 0 Å². The number of carbonyl (C=O) groups excluding carboxylic acids is 1. The van der Waals surface area contributed by atoms with Gasteiger partial charge >= 0.3 is 5.97 Å². The molecule has 0 unspecified atom stereocenters. The van der Waals surface area contributed by atoms with Crippen molar-refractivity contribution in [1.82, 2.24) is 0 Å². The SMILES string of the molecule is CCOC(=O)CN=Cc1ccccc1C. The standard InChI is InChI=1S/C12H15NO2/c1-3-15-12(14)9-13-8-11-7-5-4-6-10(11)2/h4-8H,3,9H2,1-2H3. The summed E-state index contributed by atoms with van der Waals surface area (Å²) in [6, 6.07) is 7.88. The molecule has 80 valence electrons. The van der Waals surface area contributed by atoms with Gasteiger partial charge in [-0.3, -0.25) is 9.79 Å². The van der Waals surface area contributed by atoms with Crippen LogP contribution in [0.5, 0.6) is 0 Å². The summed E-state index contributed by atoms with van der Waals surface area (Å²) >= 11 is 0. The van der Waals surface area contributed by atoms with E-state index in [1.807, 2.05) is 31.2 Å². The molecule has 3 heteroatoms. The third-order valence-corrected chi connectivity index (χ3v) is 1.94. The maximum absolute atomic E-state index is 11.0. The maximum Gasteiger partial charge on any atom is 0.327 e. The van der Waals surface area contributed by atoms with Gasteiger partial charge in [0.15, 0.2) is 0 Å². The van der Waals surface area contributed by atoms with Gasteiger partial charge in [0, 0.05) is 6.21 Å². The minimum Gasteiger partial charge on any atom is -0.465 e. The van der Waals surface area contributed by atoms with E-state index < -0.39 is 0 Å². The molecule has 3 nitrogen and oxygen atoms in total. The highest BCUT2D eigenvalue weighted by Gasteiger charge is 1.97. The Morgan fingerprint density at radius 1 is 1.47 bits per heavy atom. The lowest BCUT2D eigenvalue weighted by molar-refractivity contribution is -0.141. The average molecular weight is 205 g/mol. The fraction of sp³-hybridized carbons (Fsp3) is 0.333. The van der Waals surface area contributed by atoms with E-state index in [0.717, 1.165) is 11.1 Å². The highest BCUT2D eigenvalue weighted by Crippen LogP contribution is 2.03. The molecule has 0 radical (unpaired) electrons. The molecule has 15 heavy (non-hydrogen) atoms. The second kappa shape index (κ2) is 5.96. The number of nitrogens with zero attached hydrogens (tertiary/aromatic N) is 1. The van der Waals surface area contributed by atoms with Gasteiger partial charge in [0.05, 0.1) is 6.61 Å². The first-order valence-electron chi connectivity index (χ1n) is 4.95. The zero-order valence-corrected chi connectivity index (χ0v) is 9.06. The number of carbonyl (C=O) groups is 1. The summed E-state index contributed by atoms with van der Waals surface area (Å²) in [6.45, 7) is 4.27. The number of aliphatic imine (C=N–C) groups is 1. The molecule has 0 saturated heterocycles.